The number of benzene rings is 1. The fourth-order valence-electron chi connectivity index (χ4n) is 2.22. The first-order valence-electron chi connectivity index (χ1n) is 6.46. The molecule has 18 heavy (non-hydrogen) atoms. The molecule has 0 aromatic heterocycles. The van der Waals surface area contributed by atoms with Gasteiger partial charge in [-0.3, -0.25) is 4.79 Å². The first kappa shape index (κ1) is 12.9. The third-order valence-electron chi connectivity index (χ3n) is 3.59. The molecule has 0 spiro atoms. The predicted octanol–water partition coefficient (Wildman–Crippen LogP) is 2.67. The van der Waals surface area contributed by atoms with E-state index in [9.17, 15) is 9.18 Å². The highest BCUT2D eigenvalue weighted by Gasteiger charge is 2.24. The number of nitrogen functional groups attached to an aromatic ring is 1. The Labute approximate surface area is 107 Å². The van der Waals surface area contributed by atoms with Gasteiger partial charge >= 0.3 is 0 Å². The Morgan fingerprint density at radius 2 is 2.22 bits per heavy atom. The monoisotopic (exact) mass is 250 g/mol. The Kier molecular flexibility index (Phi) is 3.84. The molecule has 1 amide bonds. The number of rotatable bonds is 4. The van der Waals surface area contributed by atoms with E-state index in [2.05, 4.69) is 0 Å². The number of halogens is 1. The van der Waals surface area contributed by atoms with Crippen molar-refractivity contribution < 1.29 is 9.18 Å². The van der Waals surface area contributed by atoms with Crippen LogP contribution in [0.2, 0.25) is 0 Å². The zero-order valence-corrected chi connectivity index (χ0v) is 10.7. The number of amides is 1. The summed E-state index contributed by atoms with van der Waals surface area (Å²) in [5.41, 5.74) is 6.10. The first-order chi connectivity index (χ1) is 8.61. The standard InChI is InChI=1S/C14H19FN2O/c1-2-17(9-10-4-3-5-10)14(18)12-8-11(16)6-7-13(12)15/h6-8,10H,2-5,9,16H2,1H3. The van der Waals surface area contributed by atoms with Crippen LogP contribution >= 0.6 is 0 Å². The van der Waals surface area contributed by atoms with E-state index in [1.165, 1.54) is 37.5 Å². The molecule has 1 aromatic rings. The van der Waals surface area contributed by atoms with Crippen LogP contribution in [0.1, 0.15) is 36.5 Å². The van der Waals surface area contributed by atoms with E-state index in [1.807, 2.05) is 6.92 Å². The van der Waals surface area contributed by atoms with Crippen molar-refractivity contribution in [1.29, 1.82) is 0 Å². The summed E-state index contributed by atoms with van der Waals surface area (Å²) in [6.45, 7) is 3.24. The average molecular weight is 250 g/mol. The van der Waals surface area contributed by atoms with E-state index in [4.69, 9.17) is 5.73 Å². The molecule has 2 N–H and O–H groups in total. The molecule has 0 bridgehead atoms. The van der Waals surface area contributed by atoms with Crippen LogP contribution in [0.25, 0.3) is 0 Å². The smallest absolute Gasteiger partial charge is 0.256 e. The van der Waals surface area contributed by atoms with Gasteiger partial charge in [0.15, 0.2) is 0 Å². The quantitative estimate of drug-likeness (QED) is 0.835. The van der Waals surface area contributed by atoms with Crippen molar-refractivity contribution in [2.45, 2.75) is 26.2 Å². The number of hydrogen-bond donors (Lipinski definition) is 1. The van der Waals surface area contributed by atoms with Gasteiger partial charge in [0.1, 0.15) is 5.82 Å². The molecule has 0 heterocycles. The van der Waals surface area contributed by atoms with Gasteiger partial charge in [-0.05, 0) is 43.9 Å². The Morgan fingerprint density at radius 1 is 1.50 bits per heavy atom. The van der Waals surface area contributed by atoms with Crippen molar-refractivity contribution >= 4 is 11.6 Å². The Bertz CT molecular complexity index is 443. The normalized spacial score (nSPS) is 15.2. The Morgan fingerprint density at radius 3 is 2.78 bits per heavy atom. The van der Waals surface area contributed by atoms with Crippen LogP contribution in [-0.4, -0.2) is 23.9 Å². The van der Waals surface area contributed by atoms with Gasteiger partial charge in [0.2, 0.25) is 0 Å². The van der Waals surface area contributed by atoms with E-state index in [0.29, 0.717) is 18.2 Å². The lowest BCUT2D eigenvalue weighted by molar-refractivity contribution is 0.0702. The van der Waals surface area contributed by atoms with Crippen molar-refractivity contribution in [3.8, 4) is 0 Å². The van der Waals surface area contributed by atoms with Crippen LogP contribution in [-0.2, 0) is 0 Å². The zero-order chi connectivity index (χ0) is 13.1. The molecule has 4 heteroatoms. The number of hydrogen-bond acceptors (Lipinski definition) is 2. The van der Waals surface area contributed by atoms with E-state index in [0.717, 1.165) is 6.54 Å². The van der Waals surface area contributed by atoms with Crippen molar-refractivity contribution in [3.63, 3.8) is 0 Å². The zero-order valence-electron chi connectivity index (χ0n) is 10.7. The lowest BCUT2D eigenvalue weighted by Crippen LogP contribution is -2.37. The summed E-state index contributed by atoms with van der Waals surface area (Å²) in [6.07, 6.45) is 3.58. The van der Waals surface area contributed by atoms with Gasteiger partial charge in [0, 0.05) is 18.8 Å². The second-order valence-electron chi connectivity index (χ2n) is 4.88. The van der Waals surface area contributed by atoms with Crippen LogP contribution in [0.4, 0.5) is 10.1 Å². The number of carbonyl (C=O) groups is 1. The number of carbonyl (C=O) groups excluding carboxylic acids is 1. The predicted molar refractivity (Wildman–Crippen MR) is 69.7 cm³/mol. The van der Waals surface area contributed by atoms with Gasteiger partial charge in [-0.25, -0.2) is 4.39 Å². The maximum Gasteiger partial charge on any atom is 0.256 e. The summed E-state index contributed by atoms with van der Waals surface area (Å²) >= 11 is 0. The Balaban J connectivity index is 2.14. The number of nitrogens with two attached hydrogens (primary N) is 1. The average Bonchev–Trinajstić information content (AvgIpc) is 2.30. The molecule has 1 aromatic carbocycles. The van der Waals surface area contributed by atoms with Crippen molar-refractivity contribution in [1.82, 2.24) is 4.90 Å². The molecule has 1 saturated carbocycles. The Hall–Kier alpha value is -1.58. The van der Waals surface area contributed by atoms with Crippen molar-refractivity contribution in [2.24, 2.45) is 5.92 Å². The second-order valence-corrected chi connectivity index (χ2v) is 4.88. The highest BCUT2D eigenvalue weighted by atomic mass is 19.1. The fraction of sp³-hybridized carbons (Fsp3) is 0.500. The van der Waals surface area contributed by atoms with E-state index in [-0.39, 0.29) is 11.5 Å². The lowest BCUT2D eigenvalue weighted by atomic mass is 9.85. The number of anilines is 1. The van der Waals surface area contributed by atoms with Crippen LogP contribution in [0, 0.1) is 11.7 Å². The maximum absolute atomic E-state index is 13.6. The highest BCUT2D eigenvalue weighted by molar-refractivity contribution is 5.95. The van der Waals surface area contributed by atoms with Gasteiger partial charge in [-0.1, -0.05) is 6.42 Å². The van der Waals surface area contributed by atoms with Gasteiger partial charge < -0.3 is 10.6 Å². The summed E-state index contributed by atoms with van der Waals surface area (Å²) in [6, 6.07) is 4.13. The van der Waals surface area contributed by atoms with Crippen molar-refractivity contribution in [2.75, 3.05) is 18.8 Å². The molecule has 0 aliphatic heterocycles. The number of nitrogens with zero attached hydrogens (tertiary/aromatic N) is 1. The highest BCUT2D eigenvalue weighted by Crippen LogP contribution is 2.27. The summed E-state index contributed by atoms with van der Waals surface area (Å²) in [4.78, 5) is 14.0. The molecule has 0 atom stereocenters. The maximum atomic E-state index is 13.6. The van der Waals surface area contributed by atoms with Crippen molar-refractivity contribution in [3.05, 3.63) is 29.6 Å². The molecular formula is C14H19FN2O. The van der Waals surface area contributed by atoms with E-state index in [1.54, 1.807) is 4.90 Å². The minimum Gasteiger partial charge on any atom is -0.399 e. The molecule has 1 aliphatic rings. The van der Waals surface area contributed by atoms with Crippen LogP contribution in [0.3, 0.4) is 0 Å². The minimum atomic E-state index is -0.499. The molecule has 0 radical (unpaired) electrons. The van der Waals surface area contributed by atoms with Crippen LogP contribution in [0.15, 0.2) is 18.2 Å². The minimum absolute atomic E-state index is 0.0798. The molecule has 1 fully saturated rings. The summed E-state index contributed by atoms with van der Waals surface area (Å²) in [7, 11) is 0. The molecule has 1 aliphatic carbocycles. The molecule has 0 unspecified atom stereocenters. The van der Waals surface area contributed by atoms with Gasteiger partial charge in [0.25, 0.3) is 5.91 Å². The third-order valence-corrected chi connectivity index (χ3v) is 3.59. The van der Waals surface area contributed by atoms with Gasteiger partial charge in [-0.2, -0.15) is 0 Å². The largest absolute Gasteiger partial charge is 0.399 e. The van der Waals surface area contributed by atoms with Gasteiger partial charge in [-0.15, -0.1) is 0 Å². The first-order valence-corrected chi connectivity index (χ1v) is 6.46. The molecule has 3 nitrogen and oxygen atoms in total. The topological polar surface area (TPSA) is 46.3 Å². The molecule has 0 saturated heterocycles. The second kappa shape index (κ2) is 5.38. The summed E-state index contributed by atoms with van der Waals surface area (Å²) < 4.78 is 13.6. The summed E-state index contributed by atoms with van der Waals surface area (Å²) in [5, 5.41) is 0. The summed E-state index contributed by atoms with van der Waals surface area (Å²) in [5.74, 6) is -0.173. The fourth-order valence-corrected chi connectivity index (χ4v) is 2.22. The molecule has 2 rings (SSSR count). The lowest BCUT2D eigenvalue weighted by Gasteiger charge is -2.32. The van der Waals surface area contributed by atoms with Crippen LogP contribution < -0.4 is 5.73 Å². The SMILES string of the molecule is CCN(CC1CCC1)C(=O)c1cc(N)ccc1F. The van der Waals surface area contributed by atoms with E-state index < -0.39 is 5.82 Å². The van der Waals surface area contributed by atoms with E-state index >= 15 is 0 Å². The molecule has 98 valence electrons. The van der Waals surface area contributed by atoms with Crippen LogP contribution in [0.5, 0.6) is 0 Å². The van der Waals surface area contributed by atoms with Gasteiger partial charge in [0.05, 0.1) is 5.56 Å². The third kappa shape index (κ3) is 2.63. The molecular weight excluding hydrogens is 231 g/mol.